The van der Waals surface area contributed by atoms with E-state index < -0.39 is 0 Å². The van der Waals surface area contributed by atoms with Gasteiger partial charge in [0.2, 0.25) is 5.91 Å². The van der Waals surface area contributed by atoms with E-state index in [4.69, 9.17) is 4.52 Å². The molecule has 0 saturated carbocycles. The molecule has 26 heavy (non-hydrogen) atoms. The van der Waals surface area contributed by atoms with Crippen LogP contribution in [0.15, 0.2) is 71.3 Å². The van der Waals surface area contributed by atoms with Gasteiger partial charge >= 0.3 is 0 Å². The van der Waals surface area contributed by atoms with Crippen molar-refractivity contribution in [2.75, 3.05) is 11.1 Å². The Balaban J connectivity index is 1.61. The molecule has 0 aliphatic rings. The highest BCUT2D eigenvalue weighted by molar-refractivity contribution is 8.00. The van der Waals surface area contributed by atoms with Gasteiger partial charge in [0.25, 0.3) is 0 Å². The van der Waals surface area contributed by atoms with Crippen LogP contribution in [0.1, 0.15) is 28.6 Å². The topological polar surface area (TPSA) is 55.1 Å². The summed E-state index contributed by atoms with van der Waals surface area (Å²) in [6.07, 6.45) is 2.04. The third kappa shape index (κ3) is 5.23. The van der Waals surface area contributed by atoms with Crippen molar-refractivity contribution in [3.63, 3.8) is 0 Å². The zero-order chi connectivity index (χ0) is 18.2. The van der Waals surface area contributed by atoms with Crippen LogP contribution in [0.4, 0.5) is 5.82 Å². The second-order valence-corrected chi connectivity index (χ2v) is 7.28. The number of carbonyl (C=O) groups is 1. The van der Waals surface area contributed by atoms with Crippen LogP contribution in [-0.2, 0) is 11.2 Å². The molecule has 1 amide bonds. The van der Waals surface area contributed by atoms with E-state index in [0.717, 1.165) is 24.2 Å². The Labute approximate surface area is 158 Å². The summed E-state index contributed by atoms with van der Waals surface area (Å²) in [6, 6.07) is 22.0. The number of benzene rings is 2. The summed E-state index contributed by atoms with van der Waals surface area (Å²) >= 11 is 1.66. The average molecular weight is 366 g/mol. The minimum Gasteiger partial charge on any atom is -0.360 e. The van der Waals surface area contributed by atoms with E-state index in [0.29, 0.717) is 11.6 Å². The SMILES string of the molecule is Cc1cc(NC(=O)C(SCCCc2ccccc2)c2ccccc2)no1. The van der Waals surface area contributed by atoms with Gasteiger partial charge in [-0.25, -0.2) is 0 Å². The summed E-state index contributed by atoms with van der Waals surface area (Å²) in [5, 5.41) is 6.43. The summed E-state index contributed by atoms with van der Waals surface area (Å²) < 4.78 is 5.03. The largest absolute Gasteiger partial charge is 0.360 e. The highest BCUT2D eigenvalue weighted by Crippen LogP contribution is 2.31. The van der Waals surface area contributed by atoms with Crippen molar-refractivity contribution in [1.82, 2.24) is 5.16 Å². The highest BCUT2D eigenvalue weighted by Gasteiger charge is 2.22. The fourth-order valence-electron chi connectivity index (χ4n) is 2.69. The molecule has 1 unspecified atom stereocenters. The van der Waals surface area contributed by atoms with Crippen molar-refractivity contribution in [1.29, 1.82) is 0 Å². The van der Waals surface area contributed by atoms with Crippen LogP contribution in [0, 0.1) is 6.92 Å². The molecule has 0 aliphatic carbocycles. The Bertz CT molecular complexity index is 818. The van der Waals surface area contributed by atoms with E-state index in [1.807, 2.05) is 36.4 Å². The first kappa shape index (κ1) is 18.3. The zero-order valence-electron chi connectivity index (χ0n) is 14.7. The Morgan fingerprint density at radius 2 is 1.81 bits per heavy atom. The maximum absolute atomic E-state index is 12.8. The molecule has 1 aromatic heterocycles. The summed E-state index contributed by atoms with van der Waals surface area (Å²) in [4.78, 5) is 12.8. The Morgan fingerprint density at radius 1 is 1.12 bits per heavy atom. The van der Waals surface area contributed by atoms with Crippen molar-refractivity contribution in [3.8, 4) is 0 Å². The number of hydrogen-bond donors (Lipinski definition) is 1. The second kappa shape index (κ2) is 9.25. The summed E-state index contributed by atoms with van der Waals surface area (Å²) in [5.74, 6) is 1.96. The number of amides is 1. The van der Waals surface area contributed by atoms with Crippen LogP contribution < -0.4 is 5.32 Å². The lowest BCUT2D eigenvalue weighted by molar-refractivity contribution is -0.115. The molecule has 1 heterocycles. The quantitative estimate of drug-likeness (QED) is 0.568. The van der Waals surface area contributed by atoms with Crippen LogP contribution in [0.5, 0.6) is 0 Å². The molecular formula is C21H22N2O2S. The van der Waals surface area contributed by atoms with Gasteiger partial charge in [-0.1, -0.05) is 65.8 Å². The van der Waals surface area contributed by atoms with E-state index in [1.54, 1.807) is 24.8 Å². The monoisotopic (exact) mass is 366 g/mol. The first-order chi connectivity index (χ1) is 12.7. The van der Waals surface area contributed by atoms with Crippen molar-refractivity contribution in [2.24, 2.45) is 0 Å². The first-order valence-corrected chi connectivity index (χ1v) is 9.72. The van der Waals surface area contributed by atoms with Gasteiger partial charge in [0, 0.05) is 6.07 Å². The van der Waals surface area contributed by atoms with Gasteiger partial charge in [0.1, 0.15) is 11.0 Å². The Kier molecular flexibility index (Phi) is 6.50. The molecule has 5 heteroatoms. The fourth-order valence-corrected chi connectivity index (χ4v) is 3.80. The van der Waals surface area contributed by atoms with Gasteiger partial charge in [0.15, 0.2) is 5.82 Å². The predicted octanol–water partition coefficient (Wildman–Crippen LogP) is 5.03. The van der Waals surface area contributed by atoms with E-state index in [1.165, 1.54) is 5.56 Å². The molecule has 0 radical (unpaired) electrons. The minimum absolute atomic E-state index is 0.0748. The summed E-state index contributed by atoms with van der Waals surface area (Å²) in [7, 11) is 0. The lowest BCUT2D eigenvalue weighted by Gasteiger charge is -2.16. The van der Waals surface area contributed by atoms with Crippen LogP contribution >= 0.6 is 11.8 Å². The number of aryl methyl sites for hydroxylation is 2. The molecule has 1 N–H and O–H groups in total. The zero-order valence-corrected chi connectivity index (χ0v) is 15.5. The maximum Gasteiger partial charge on any atom is 0.243 e. The van der Waals surface area contributed by atoms with Crippen LogP contribution in [0.2, 0.25) is 0 Å². The maximum atomic E-state index is 12.8. The first-order valence-electron chi connectivity index (χ1n) is 8.67. The van der Waals surface area contributed by atoms with Crippen LogP contribution in [-0.4, -0.2) is 16.8 Å². The Morgan fingerprint density at radius 3 is 2.46 bits per heavy atom. The highest BCUT2D eigenvalue weighted by atomic mass is 32.2. The van der Waals surface area contributed by atoms with Gasteiger partial charge in [-0.15, -0.1) is 11.8 Å². The molecule has 0 aliphatic heterocycles. The minimum atomic E-state index is -0.274. The third-order valence-electron chi connectivity index (χ3n) is 3.96. The average Bonchev–Trinajstić information content (AvgIpc) is 3.08. The van der Waals surface area contributed by atoms with Gasteiger partial charge < -0.3 is 9.84 Å². The smallest absolute Gasteiger partial charge is 0.243 e. The lowest BCUT2D eigenvalue weighted by atomic mass is 10.1. The number of nitrogens with zero attached hydrogens (tertiary/aromatic N) is 1. The number of rotatable bonds is 8. The second-order valence-electron chi connectivity index (χ2n) is 6.06. The van der Waals surface area contributed by atoms with Gasteiger partial charge in [-0.2, -0.15) is 0 Å². The third-order valence-corrected chi connectivity index (χ3v) is 5.30. The molecule has 1 atom stereocenters. The number of thioether (sulfide) groups is 1. The number of aromatic nitrogens is 1. The summed E-state index contributed by atoms with van der Waals surface area (Å²) in [5.41, 5.74) is 2.32. The van der Waals surface area contributed by atoms with Gasteiger partial charge in [-0.3, -0.25) is 4.79 Å². The summed E-state index contributed by atoms with van der Waals surface area (Å²) in [6.45, 7) is 1.80. The Hall–Kier alpha value is -2.53. The molecule has 4 nitrogen and oxygen atoms in total. The van der Waals surface area contributed by atoms with E-state index in [-0.39, 0.29) is 11.2 Å². The predicted molar refractivity (Wildman–Crippen MR) is 106 cm³/mol. The van der Waals surface area contributed by atoms with Crippen molar-refractivity contribution < 1.29 is 9.32 Å². The molecule has 0 spiro atoms. The van der Waals surface area contributed by atoms with Crippen LogP contribution in [0.3, 0.4) is 0 Å². The molecular weight excluding hydrogens is 344 g/mol. The number of nitrogens with one attached hydrogen (secondary N) is 1. The van der Waals surface area contributed by atoms with Gasteiger partial charge in [-0.05, 0) is 36.6 Å². The van der Waals surface area contributed by atoms with E-state index in [9.17, 15) is 4.79 Å². The number of hydrogen-bond acceptors (Lipinski definition) is 4. The molecule has 0 fully saturated rings. The van der Waals surface area contributed by atoms with E-state index >= 15 is 0 Å². The lowest BCUT2D eigenvalue weighted by Crippen LogP contribution is -2.19. The molecule has 2 aromatic carbocycles. The van der Waals surface area contributed by atoms with Crippen molar-refractivity contribution in [3.05, 3.63) is 83.6 Å². The van der Waals surface area contributed by atoms with Crippen molar-refractivity contribution >= 4 is 23.5 Å². The molecule has 3 rings (SSSR count). The number of anilines is 1. The molecule has 134 valence electrons. The van der Waals surface area contributed by atoms with Crippen LogP contribution in [0.25, 0.3) is 0 Å². The standard InChI is InChI=1S/C21H22N2O2S/c1-16-15-19(23-25-16)22-21(24)20(18-12-6-3-7-13-18)26-14-8-11-17-9-4-2-5-10-17/h2-7,9-10,12-13,15,20H,8,11,14H2,1H3,(H,22,23,24). The van der Waals surface area contributed by atoms with Gasteiger partial charge in [0.05, 0.1) is 0 Å². The normalized spacial score (nSPS) is 11.9. The number of carbonyl (C=O) groups excluding carboxylic acids is 1. The van der Waals surface area contributed by atoms with Crippen molar-refractivity contribution in [2.45, 2.75) is 25.0 Å². The molecule has 0 saturated heterocycles. The molecule has 0 bridgehead atoms. The molecule has 3 aromatic rings. The fraction of sp³-hybridized carbons (Fsp3) is 0.238. The van der Waals surface area contributed by atoms with E-state index in [2.05, 4.69) is 34.7 Å².